The second kappa shape index (κ2) is 8.82. The molecule has 0 aliphatic carbocycles. The Balaban J connectivity index is 2.13. The Kier molecular flexibility index (Phi) is 6.30. The van der Waals surface area contributed by atoms with Crippen LogP contribution in [0, 0.1) is 18.3 Å². The second-order valence-corrected chi connectivity index (χ2v) is 8.05. The summed E-state index contributed by atoms with van der Waals surface area (Å²) in [4.78, 5) is 32.0. The van der Waals surface area contributed by atoms with Gasteiger partial charge >= 0.3 is 5.92 Å². The standard InChI is InChI=1S/C22H22F2N8O/c1-12-6-19(32-20(29-12)22(5,23)24)31-16-8-18(30-13(2)33)26-9-14(16)15-7-17(28-11-27-15)21(3,4)10-25/h6-9,11H,1-5H3,(H2,26,29,30,31,32,33). The predicted octanol–water partition coefficient (Wildman–Crippen LogP) is 4.25. The third-order valence-corrected chi connectivity index (χ3v) is 4.58. The molecule has 3 aromatic heterocycles. The van der Waals surface area contributed by atoms with Crippen molar-refractivity contribution >= 4 is 23.2 Å². The van der Waals surface area contributed by atoms with Crippen LogP contribution in [0.3, 0.4) is 0 Å². The third kappa shape index (κ3) is 5.60. The first-order valence-electron chi connectivity index (χ1n) is 9.92. The van der Waals surface area contributed by atoms with Crippen LogP contribution in [-0.4, -0.2) is 30.8 Å². The topological polar surface area (TPSA) is 129 Å². The third-order valence-electron chi connectivity index (χ3n) is 4.58. The summed E-state index contributed by atoms with van der Waals surface area (Å²) in [5, 5.41) is 15.0. The number of hydrogen-bond acceptors (Lipinski definition) is 8. The van der Waals surface area contributed by atoms with E-state index in [0.29, 0.717) is 28.3 Å². The zero-order valence-corrected chi connectivity index (χ0v) is 18.7. The Bertz CT molecular complexity index is 1250. The predicted molar refractivity (Wildman–Crippen MR) is 118 cm³/mol. The fraction of sp³-hybridized carbons (Fsp3) is 0.318. The average molecular weight is 452 g/mol. The van der Waals surface area contributed by atoms with Gasteiger partial charge in [-0.2, -0.15) is 14.0 Å². The highest BCUT2D eigenvalue weighted by Crippen LogP contribution is 2.33. The Morgan fingerprint density at radius 2 is 1.79 bits per heavy atom. The van der Waals surface area contributed by atoms with Crippen LogP contribution in [0.15, 0.2) is 30.7 Å². The quantitative estimate of drug-likeness (QED) is 0.568. The van der Waals surface area contributed by atoms with E-state index in [1.807, 2.05) is 0 Å². The number of amides is 1. The van der Waals surface area contributed by atoms with Crippen LogP contribution in [0.4, 0.5) is 26.1 Å². The number of halogens is 2. The molecule has 0 fully saturated rings. The normalized spacial score (nSPS) is 11.6. The number of carbonyl (C=O) groups is 1. The maximum absolute atomic E-state index is 13.8. The SMILES string of the molecule is CC(=O)Nc1cc(Nc2cc(C)nc(C(C)(F)F)n2)c(-c2cc(C(C)(C)C#N)ncn2)cn1. The van der Waals surface area contributed by atoms with Gasteiger partial charge in [-0.15, -0.1) is 0 Å². The lowest BCUT2D eigenvalue weighted by molar-refractivity contribution is -0.114. The minimum atomic E-state index is -3.23. The summed E-state index contributed by atoms with van der Waals surface area (Å²) in [5.74, 6) is -3.80. The number of carbonyl (C=O) groups excluding carboxylic acids is 1. The summed E-state index contributed by atoms with van der Waals surface area (Å²) in [5.41, 5.74) is 1.32. The van der Waals surface area contributed by atoms with E-state index in [0.717, 1.165) is 6.92 Å². The summed E-state index contributed by atoms with van der Waals surface area (Å²) in [6.07, 6.45) is 2.81. The van der Waals surface area contributed by atoms with E-state index in [2.05, 4.69) is 41.6 Å². The molecule has 170 valence electrons. The summed E-state index contributed by atoms with van der Waals surface area (Å²) in [6, 6.07) is 6.90. The lowest BCUT2D eigenvalue weighted by Gasteiger charge is -2.17. The minimum Gasteiger partial charge on any atom is -0.339 e. The summed E-state index contributed by atoms with van der Waals surface area (Å²) < 4.78 is 27.7. The van der Waals surface area contributed by atoms with Gasteiger partial charge in [-0.05, 0) is 26.8 Å². The van der Waals surface area contributed by atoms with Crippen molar-refractivity contribution in [1.82, 2.24) is 24.9 Å². The van der Waals surface area contributed by atoms with Crippen molar-refractivity contribution in [3.05, 3.63) is 47.9 Å². The van der Waals surface area contributed by atoms with Crippen molar-refractivity contribution in [2.45, 2.75) is 46.0 Å². The molecule has 3 rings (SSSR count). The van der Waals surface area contributed by atoms with Gasteiger partial charge < -0.3 is 10.6 Å². The highest BCUT2D eigenvalue weighted by Gasteiger charge is 2.29. The van der Waals surface area contributed by atoms with E-state index in [-0.39, 0.29) is 17.5 Å². The molecule has 0 unspecified atom stereocenters. The first-order valence-corrected chi connectivity index (χ1v) is 9.92. The summed E-state index contributed by atoms with van der Waals surface area (Å²) in [6.45, 7) is 7.10. The van der Waals surface area contributed by atoms with Gasteiger partial charge in [-0.1, -0.05) is 0 Å². The molecule has 11 heteroatoms. The number of nitrogens with one attached hydrogen (secondary N) is 2. The van der Waals surface area contributed by atoms with Gasteiger partial charge in [0.25, 0.3) is 0 Å². The molecule has 0 radical (unpaired) electrons. The van der Waals surface area contributed by atoms with E-state index >= 15 is 0 Å². The summed E-state index contributed by atoms with van der Waals surface area (Å²) in [7, 11) is 0. The maximum atomic E-state index is 13.8. The fourth-order valence-electron chi connectivity index (χ4n) is 2.88. The van der Waals surface area contributed by atoms with Gasteiger partial charge in [0.2, 0.25) is 11.7 Å². The second-order valence-electron chi connectivity index (χ2n) is 8.05. The molecule has 3 aromatic rings. The van der Waals surface area contributed by atoms with Crippen LogP contribution in [0.1, 0.15) is 44.9 Å². The highest BCUT2D eigenvalue weighted by molar-refractivity contribution is 5.89. The molecular formula is C22H22F2N8O. The van der Waals surface area contributed by atoms with Gasteiger partial charge in [0.15, 0.2) is 0 Å². The molecule has 0 saturated heterocycles. The fourth-order valence-corrected chi connectivity index (χ4v) is 2.88. The first-order chi connectivity index (χ1) is 15.4. The number of aryl methyl sites for hydroxylation is 1. The van der Waals surface area contributed by atoms with Gasteiger partial charge in [-0.25, -0.2) is 24.9 Å². The van der Waals surface area contributed by atoms with E-state index in [1.165, 1.54) is 31.6 Å². The van der Waals surface area contributed by atoms with Crippen molar-refractivity contribution in [2.24, 2.45) is 0 Å². The average Bonchev–Trinajstić information content (AvgIpc) is 2.72. The van der Waals surface area contributed by atoms with Crippen LogP contribution >= 0.6 is 0 Å². The van der Waals surface area contributed by atoms with Gasteiger partial charge in [0.05, 0.1) is 28.6 Å². The molecule has 3 heterocycles. The number of rotatable bonds is 6. The van der Waals surface area contributed by atoms with Crippen LogP contribution in [-0.2, 0) is 16.1 Å². The molecule has 0 saturated carbocycles. The Labute approximate surface area is 189 Å². The Morgan fingerprint density at radius 3 is 2.42 bits per heavy atom. The molecule has 0 aliphatic heterocycles. The molecule has 0 spiro atoms. The molecule has 0 atom stereocenters. The number of nitriles is 1. The van der Waals surface area contributed by atoms with Crippen LogP contribution in [0.25, 0.3) is 11.3 Å². The van der Waals surface area contributed by atoms with Crippen molar-refractivity contribution in [3.8, 4) is 17.3 Å². The molecule has 33 heavy (non-hydrogen) atoms. The molecular weight excluding hydrogens is 430 g/mol. The number of hydrogen-bond donors (Lipinski definition) is 2. The molecule has 0 aromatic carbocycles. The van der Waals surface area contributed by atoms with E-state index in [1.54, 1.807) is 26.8 Å². The van der Waals surface area contributed by atoms with Crippen molar-refractivity contribution in [3.63, 3.8) is 0 Å². The highest BCUT2D eigenvalue weighted by atomic mass is 19.3. The molecule has 2 N–H and O–H groups in total. The Hall–Kier alpha value is -4.07. The lowest BCUT2D eigenvalue weighted by Crippen LogP contribution is -2.16. The number of nitrogens with zero attached hydrogens (tertiary/aromatic N) is 6. The van der Waals surface area contributed by atoms with Gasteiger partial charge in [0.1, 0.15) is 18.0 Å². The first kappa shape index (κ1) is 23.6. The largest absolute Gasteiger partial charge is 0.339 e. The maximum Gasteiger partial charge on any atom is 0.303 e. The van der Waals surface area contributed by atoms with Crippen LogP contribution < -0.4 is 10.6 Å². The molecule has 9 nitrogen and oxygen atoms in total. The number of aromatic nitrogens is 5. The molecule has 0 bridgehead atoms. The number of anilines is 3. The molecule has 0 aliphatic rings. The smallest absolute Gasteiger partial charge is 0.303 e. The zero-order chi connectivity index (χ0) is 24.4. The Morgan fingerprint density at radius 1 is 1.06 bits per heavy atom. The number of alkyl halides is 2. The van der Waals surface area contributed by atoms with Crippen molar-refractivity contribution in [2.75, 3.05) is 10.6 Å². The van der Waals surface area contributed by atoms with Crippen LogP contribution in [0.2, 0.25) is 0 Å². The van der Waals surface area contributed by atoms with Gasteiger partial charge in [-0.3, -0.25) is 4.79 Å². The van der Waals surface area contributed by atoms with E-state index < -0.39 is 17.2 Å². The number of pyridine rings is 1. The van der Waals surface area contributed by atoms with Crippen molar-refractivity contribution in [1.29, 1.82) is 5.26 Å². The lowest BCUT2D eigenvalue weighted by atomic mass is 9.90. The minimum absolute atomic E-state index is 0.131. The van der Waals surface area contributed by atoms with Crippen LogP contribution in [0.5, 0.6) is 0 Å². The van der Waals surface area contributed by atoms with Crippen molar-refractivity contribution < 1.29 is 13.6 Å². The van der Waals surface area contributed by atoms with E-state index in [9.17, 15) is 18.8 Å². The molecule has 1 amide bonds. The van der Waals surface area contributed by atoms with Gasteiger partial charge in [0, 0.05) is 43.4 Å². The zero-order valence-electron chi connectivity index (χ0n) is 18.7. The van der Waals surface area contributed by atoms with E-state index in [4.69, 9.17) is 0 Å². The monoisotopic (exact) mass is 452 g/mol. The summed E-state index contributed by atoms with van der Waals surface area (Å²) >= 11 is 0.